The molecule has 0 radical (unpaired) electrons. The maximum absolute atomic E-state index is 11.7. The van der Waals surface area contributed by atoms with Gasteiger partial charge in [-0.2, -0.15) is 0 Å². The zero-order valence-corrected chi connectivity index (χ0v) is 11.1. The molecule has 0 heterocycles. The zero-order chi connectivity index (χ0) is 12.7. The van der Waals surface area contributed by atoms with Gasteiger partial charge in [0, 0.05) is 32.1 Å². The SMILES string of the molecule is CC(N)CCC(=O)N(C)CCC(N)C(C)C. The maximum atomic E-state index is 11.7. The third-order valence-corrected chi connectivity index (χ3v) is 2.89. The van der Waals surface area contributed by atoms with E-state index in [4.69, 9.17) is 11.5 Å². The lowest BCUT2D eigenvalue weighted by molar-refractivity contribution is -0.130. The summed E-state index contributed by atoms with van der Waals surface area (Å²) in [5.41, 5.74) is 11.5. The molecule has 0 aromatic heterocycles. The van der Waals surface area contributed by atoms with Gasteiger partial charge in [0.1, 0.15) is 0 Å². The van der Waals surface area contributed by atoms with Gasteiger partial charge in [0.25, 0.3) is 0 Å². The fourth-order valence-corrected chi connectivity index (χ4v) is 1.34. The van der Waals surface area contributed by atoms with Gasteiger partial charge in [0.05, 0.1) is 0 Å². The Bertz CT molecular complexity index is 204. The van der Waals surface area contributed by atoms with Gasteiger partial charge in [0.2, 0.25) is 5.91 Å². The first-order valence-corrected chi connectivity index (χ1v) is 6.09. The molecule has 1 amide bonds. The molecule has 4 N–H and O–H groups in total. The molecule has 0 bridgehead atoms. The van der Waals surface area contributed by atoms with Crippen LogP contribution in [-0.2, 0) is 4.79 Å². The summed E-state index contributed by atoms with van der Waals surface area (Å²) in [6.07, 6.45) is 2.14. The minimum Gasteiger partial charge on any atom is -0.346 e. The summed E-state index contributed by atoms with van der Waals surface area (Å²) in [6.45, 7) is 6.85. The second kappa shape index (κ2) is 7.63. The third-order valence-electron chi connectivity index (χ3n) is 2.89. The van der Waals surface area contributed by atoms with Crippen molar-refractivity contribution in [3.8, 4) is 0 Å². The molecule has 0 aliphatic heterocycles. The van der Waals surface area contributed by atoms with Gasteiger partial charge in [-0.1, -0.05) is 13.8 Å². The number of carbonyl (C=O) groups excluding carboxylic acids is 1. The largest absolute Gasteiger partial charge is 0.346 e. The number of rotatable bonds is 7. The van der Waals surface area contributed by atoms with Crippen molar-refractivity contribution in [1.29, 1.82) is 0 Å². The monoisotopic (exact) mass is 229 g/mol. The summed E-state index contributed by atoms with van der Waals surface area (Å²) in [5.74, 6) is 0.626. The van der Waals surface area contributed by atoms with Crippen molar-refractivity contribution in [2.24, 2.45) is 17.4 Å². The molecule has 16 heavy (non-hydrogen) atoms. The molecule has 0 saturated carbocycles. The van der Waals surface area contributed by atoms with Crippen molar-refractivity contribution in [3.05, 3.63) is 0 Å². The number of hydrogen-bond acceptors (Lipinski definition) is 3. The first kappa shape index (κ1) is 15.4. The Morgan fingerprint density at radius 2 is 1.75 bits per heavy atom. The van der Waals surface area contributed by atoms with E-state index in [1.54, 1.807) is 4.90 Å². The first-order valence-electron chi connectivity index (χ1n) is 6.09. The average Bonchev–Trinajstić information content (AvgIpc) is 2.21. The van der Waals surface area contributed by atoms with Crippen molar-refractivity contribution in [2.75, 3.05) is 13.6 Å². The lowest BCUT2D eigenvalue weighted by atomic mass is 10.0. The first-order chi connectivity index (χ1) is 7.34. The van der Waals surface area contributed by atoms with E-state index in [2.05, 4.69) is 13.8 Å². The highest BCUT2D eigenvalue weighted by molar-refractivity contribution is 5.75. The van der Waals surface area contributed by atoms with Crippen molar-refractivity contribution < 1.29 is 4.79 Å². The molecular formula is C12H27N3O. The Hall–Kier alpha value is -0.610. The highest BCUT2D eigenvalue weighted by Crippen LogP contribution is 2.05. The van der Waals surface area contributed by atoms with Gasteiger partial charge < -0.3 is 16.4 Å². The van der Waals surface area contributed by atoms with Crippen molar-refractivity contribution in [3.63, 3.8) is 0 Å². The molecule has 2 atom stereocenters. The second-order valence-electron chi connectivity index (χ2n) is 5.03. The fourth-order valence-electron chi connectivity index (χ4n) is 1.34. The van der Waals surface area contributed by atoms with Crippen LogP contribution in [-0.4, -0.2) is 36.5 Å². The van der Waals surface area contributed by atoms with E-state index >= 15 is 0 Å². The van der Waals surface area contributed by atoms with Gasteiger partial charge >= 0.3 is 0 Å². The predicted octanol–water partition coefficient (Wildman–Crippen LogP) is 0.946. The molecule has 96 valence electrons. The second-order valence-corrected chi connectivity index (χ2v) is 5.03. The van der Waals surface area contributed by atoms with Crippen molar-refractivity contribution >= 4 is 5.91 Å². The number of amides is 1. The van der Waals surface area contributed by atoms with E-state index in [9.17, 15) is 4.79 Å². The molecule has 4 nitrogen and oxygen atoms in total. The van der Waals surface area contributed by atoms with Crippen LogP contribution in [0.25, 0.3) is 0 Å². The van der Waals surface area contributed by atoms with E-state index in [1.165, 1.54) is 0 Å². The molecule has 0 aliphatic carbocycles. The lowest BCUT2D eigenvalue weighted by Crippen LogP contribution is -2.35. The van der Waals surface area contributed by atoms with E-state index in [-0.39, 0.29) is 18.0 Å². The van der Waals surface area contributed by atoms with E-state index in [0.717, 1.165) is 19.4 Å². The topological polar surface area (TPSA) is 72.4 Å². The summed E-state index contributed by atoms with van der Waals surface area (Å²) in [4.78, 5) is 13.4. The molecule has 0 aromatic rings. The van der Waals surface area contributed by atoms with Crippen LogP contribution in [0.5, 0.6) is 0 Å². The number of carbonyl (C=O) groups is 1. The Labute approximate surface area is 99.4 Å². The quantitative estimate of drug-likeness (QED) is 0.682. The highest BCUT2D eigenvalue weighted by Gasteiger charge is 2.12. The predicted molar refractivity (Wildman–Crippen MR) is 68.0 cm³/mol. The van der Waals surface area contributed by atoms with Crippen molar-refractivity contribution in [2.45, 2.75) is 52.1 Å². The van der Waals surface area contributed by atoms with E-state index in [1.807, 2.05) is 14.0 Å². The smallest absolute Gasteiger partial charge is 0.222 e. The Morgan fingerprint density at radius 1 is 1.19 bits per heavy atom. The summed E-state index contributed by atoms with van der Waals surface area (Å²) in [6, 6.07) is 0.263. The Morgan fingerprint density at radius 3 is 2.19 bits per heavy atom. The molecule has 0 rings (SSSR count). The zero-order valence-electron chi connectivity index (χ0n) is 11.1. The molecule has 2 unspecified atom stereocenters. The van der Waals surface area contributed by atoms with E-state index < -0.39 is 0 Å². The minimum absolute atomic E-state index is 0.0928. The Kier molecular flexibility index (Phi) is 7.34. The molecule has 0 fully saturated rings. The van der Waals surface area contributed by atoms with Crippen molar-refractivity contribution in [1.82, 2.24) is 4.90 Å². The molecular weight excluding hydrogens is 202 g/mol. The molecule has 0 spiro atoms. The fraction of sp³-hybridized carbons (Fsp3) is 0.917. The molecule has 0 aromatic carbocycles. The summed E-state index contributed by atoms with van der Waals surface area (Å²) >= 11 is 0. The normalized spacial score (nSPS) is 14.9. The molecule has 0 saturated heterocycles. The Balaban J connectivity index is 3.79. The van der Waals surface area contributed by atoms with Crippen LogP contribution >= 0.6 is 0 Å². The van der Waals surface area contributed by atoms with Gasteiger partial charge in [-0.15, -0.1) is 0 Å². The number of hydrogen-bond donors (Lipinski definition) is 2. The van der Waals surface area contributed by atoms with Gasteiger partial charge in [0.15, 0.2) is 0 Å². The summed E-state index contributed by atoms with van der Waals surface area (Å²) < 4.78 is 0. The lowest BCUT2D eigenvalue weighted by Gasteiger charge is -2.21. The van der Waals surface area contributed by atoms with Crippen LogP contribution in [0, 0.1) is 5.92 Å². The van der Waals surface area contributed by atoms with Crippen LogP contribution in [0.1, 0.15) is 40.0 Å². The number of nitrogens with zero attached hydrogens (tertiary/aromatic N) is 1. The van der Waals surface area contributed by atoms with Gasteiger partial charge in [-0.25, -0.2) is 0 Å². The van der Waals surface area contributed by atoms with Crippen LogP contribution < -0.4 is 11.5 Å². The van der Waals surface area contributed by atoms with Gasteiger partial charge in [-0.3, -0.25) is 4.79 Å². The van der Waals surface area contributed by atoms with Crippen LogP contribution in [0.4, 0.5) is 0 Å². The minimum atomic E-state index is 0.0928. The summed E-state index contributed by atoms with van der Waals surface area (Å²) in [5, 5.41) is 0. The van der Waals surface area contributed by atoms with Crippen LogP contribution in [0.15, 0.2) is 0 Å². The maximum Gasteiger partial charge on any atom is 0.222 e. The number of nitrogens with two attached hydrogens (primary N) is 2. The van der Waals surface area contributed by atoms with Crippen LogP contribution in [0.3, 0.4) is 0 Å². The van der Waals surface area contributed by atoms with Crippen LogP contribution in [0.2, 0.25) is 0 Å². The molecule has 4 heteroatoms. The third kappa shape index (κ3) is 6.80. The standard InChI is InChI=1S/C12H27N3O/c1-9(2)11(14)7-8-15(4)12(16)6-5-10(3)13/h9-11H,5-8,13-14H2,1-4H3. The average molecular weight is 229 g/mol. The van der Waals surface area contributed by atoms with E-state index in [0.29, 0.717) is 12.3 Å². The summed E-state index contributed by atoms with van der Waals surface area (Å²) in [7, 11) is 1.83. The highest BCUT2D eigenvalue weighted by atomic mass is 16.2. The van der Waals surface area contributed by atoms with Gasteiger partial charge in [-0.05, 0) is 25.7 Å². The molecule has 0 aliphatic rings.